The molecule has 0 fully saturated rings. The van der Waals surface area contributed by atoms with Crippen LogP contribution < -0.4 is 5.32 Å². The molecule has 1 aromatic heterocycles. The lowest BCUT2D eigenvalue weighted by atomic mass is 10.1. The van der Waals surface area contributed by atoms with E-state index in [1.54, 1.807) is 12.3 Å². The second-order valence-corrected chi connectivity index (χ2v) is 4.48. The first-order chi connectivity index (χ1) is 8.59. The Balaban J connectivity index is 2.30. The van der Waals surface area contributed by atoms with E-state index in [1.807, 2.05) is 32.0 Å². The van der Waals surface area contributed by atoms with Crippen LogP contribution in [0.4, 0.5) is 5.69 Å². The number of anilines is 1. The number of pyridine rings is 1. The molecule has 1 heterocycles. The molecular weight excluding hydrogens is 248 g/mol. The van der Waals surface area contributed by atoms with Gasteiger partial charge in [-0.3, -0.25) is 9.78 Å². The van der Waals surface area contributed by atoms with Gasteiger partial charge in [0.15, 0.2) is 0 Å². The van der Waals surface area contributed by atoms with Gasteiger partial charge in [0.2, 0.25) is 0 Å². The molecule has 0 aliphatic heterocycles. The lowest BCUT2D eigenvalue weighted by molar-refractivity contribution is 0.102. The van der Waals surface area contributed by atoms with Crippen LogP contribution in [0.25, 0.3) is 0 Å². The number of carbonyl (C=O) groups is 1. The van der Waals surface area contributed by atoms with Gasteiger partial charge in [-0.2, -0.15) is 0 Å². The molecule has 1 aromatic carbocycles. The number of nitrogens with zero attached hydrogens (tertiary/aromatic N) is 1. The van der Waals surface area contributed by atoms with E-state index in [2.05, 4.69) is 10.3 Å². The van der Waals surface area contributed by atoms with Crippen LogP contribution in [0.2, 0.25) is 5.02 Å². The molecule has 2 aromatic rings. The number of benzene rings is 1. The molecule has 0 bridgehead atoms. The molecular formula is C14H13ClN2O. The van der Waals surface area contributed by atoms with Gasteiger partial charge in [0, 0.05) is 18.1 Å². The van der Waals surface area contributed by atoms with Gasteiger partial charge in [0.25, 0.3) is 5.91 Å². The summed E-state index contributed by atoms with van der Waals surface area (Å²) in [6, 6.07) is 7.46. The van der Waals surface area contributed by atoms with Gasteiger partial charge in [-0.25, -0.2) is 0 Å². The summed E-state index contributed by atoms with van der Waals surface area (Å²) < 4.78 is 0. The molecule has 0 atom stereocenters. The Bertz CT molecular complexity index is 576. The van der Waals surface area contributed by atoms with Gasteiger partial charge < -0.3 is 5.32 Å². The number of amides is 1. The monoisotopic (exact) mass is 260 g/mol. The maximum absolute atomic E-state index is 12.1. The lowest BCUT2D eigenvalue weighted by Gasteiger charge is -2.11. The average Bonchev–Trinajstić information content (AvgIpc) is 2.34. The Kier molecular flexibility index (Phi) is 3.63. The summed E-state index contributed by atoms with van der Waals surface area (Å²) in [5, 5.41) is 3.27. The molecule has 0 aliphatic carbocycles. The summed E-state index contributed by atoms with van der Waals surface area (Å²) in [7, 11) is 0. The zero-order chi connectivity index (χ0) is 13.1. The van der Waals surface area contributed by atoms with E-state index < -0.39 is 0 Å². The Labute approximate surface area is 111 Å². The smallest absolute Gasteiger partial charge is 0.258 e. The van der Waals surface area contributed by atoms with Crippen LogP contribution in [0.1, 0.15) is 21.5 Å². The zero-order valence-electron chi connectivity index (χ0n) is 10.2. The number of halogens is 1. The standard InChI is InChI=1S/C14H13ClN2O/c1-9-4-3-5-10(2)13(9)17-14(18)11-8-16-7-6-12(11)15/h3-8H,1-2H3,(H,17,18). The van der Waals surface area contributed by atoms with E-state index in [1.165, 1.54) is 6.20 Å². The van der Waals surface area contributed by atoms with E-state index in [-0.39, 0.29) is 5.91 Å². The van der Waals surface area contributed by atoms with Gasteiger partial charge in [-0.05, 0) is 31.0 Å². The van der Waals surface area contributed by atoms with E-state index >= 15 is 0 Å². The molecule has 0 spiro atoms. The van der Waals surface area contributed by atoms with Crippen molar-refractivity contribution in [2.45, 2.75) is 13.8 Å². The van der Waals surface area contributed by atoms with Gasteiger partial charge in [-0.1, -0.05) is 29.8 Å². The predicted molar refractivity (Wildman–Crippen MR) is 73.1 cm³/mol. The van der Waals surface area contributed by atoms with Gasteiger partial charge >= 0.3 is 0 Å². The number of aryl methyl sites for hydroxylation is 2. The van der Waals surface area contributed by atoms with Crippen molar-refractivity contribution in [1.29, 1.82) is 0 Å². The molecule has 0 unspecified atom stereocenters. The molecule has 0 saturated carbocycles. The number of para-hydroxylation sites is 1. The number of aromatic nitrogens is 1. The van der Waals surface area contributed by atoms with E-state index in [0.717, 1.165) is 16.8 Å². The third-order valence-electron chi connectivity index (χ3n) is 2.73. The molecule has 0 saturated heterocycles. The maximum Gasteiger partial charge on any atom is 0.258 e. The summed E-state index contributed by atoms with van der Waals surface area (Å²) in [6.45, 7) is 3.90. The largest absolute Gasteiger partial charge is 0.321 e. The van der Waals surface area contributed by atoms with Crippen molar-refractivity contribution in [3.8, 4) is 0 Å². The number of rotatable bonds is 2. The predicted octanol–water partition coefficient (Wildman–Crippen LogP) is 3.60. The number of hydrogen-bond acceptors (Lipinski definition) is 2. The van der Waals surface area contributed by atoms with Crippen LogP contribution in [-0.4, -0.2) is 10.9 Å². The normalized spacial score (nSPS) is 10.2. The third kappa shape index (κ3) is 2.51. The highest BCUT2D eigenvalue weighted by atomic mass is 35.5. The van der Waals surface area contributed by atoms with Crippen LogP contribution in [0.15, 0.2) is 36.7 Å². The topological polar surface area (TPSA) is 42.0 Å². The summed E-state index contributed by atoms with van der Waals surface area (Å²) in [6.07, 6.45) is 3.02. The quantitative estimate of drug-likeness (QED) is 0.896. The summed E-state index contributed by atoms with van der Waals surface area (Å²) >= 11 is 5.96. The molecule has 3 nitrogen and oxygen atoms in total. The SMILES string of the molecule is Cc1cccc(C)c1NC(=O)c1cnccc1Cl. The lowest BCUT2D eigenvalue weighted by Crippen LogP contribution is -2.14. The summed E-state index contributed by atoms with van der Waals surface area (Å²) in [5.41, 5.74) is 3.23. The molecule has 4 heteroatoms. The Morgan fingerprint density at radius 2 is 1.89 bits per heavy atom. The van der Waals surface area contributed by atoms with Gasteiger partial charge in [-0.15, -0.1) is 0 Å². The van der Waals surface area contributed by atoms with Gasteiger partial charge in [0.1, 0.15) is 0 Å². The van der Waals surface area contributed by atoms with E-state index in [0.29, 0.717) is 10.6 Å². The van der Waals surface area contributed by atoms with Crippen molar-refractivity contribution in [2.75, 3.05) is 5.32 Å². The minimum absolute atomic E-state index is 0.245. The minimum Gasteiger partial charge on any atom is -0.321 e. The van der Waals surface area contributed by atoms with Crippen molar-refractivity contribution in [1.82, 2.24) is 4.98 Å². The average molecular weight is 261 g/mol. The van der Waals surface area contributed by atoms with Crippen molar-refractivity contribution in [2.24, 2.45) is 0 Å². The van der Waals surface area contributed by atoms with E-state index in [4.69, 9.17) is 11.6 Å². The molecule has 1 N–H and O–H groups in total. The fraction of sp³-hybridized carbons (Fsp3) is 0.143. The highest BCUT2D eigenvalue weighted by Crippen LogP contribution is 2.21. The van der Waals surface area contributed by atoms with Crippen LogP contribution >= 0.6 is 11.6 Å². The second kappa shape index (κ2) is 5.19. The minimum atomic E-state index is -0.245. The van der Waals surface area contributed by atoms with Crippen LogP contribution in [0.5, 0.6) is 0 Å². The highest BCUT2D eigenvalue weighted by molar-refractivity contribution is 6.34. The summed E-state index contributed by atoms with van der Waals surface area (Å²) in [5.74, 6) is -0.245. The number of carbonyl (C=O) groups excluding carboxylic acids is 1. The Morgan fingerprint density at radius 3 is 2.50 bits per heavy atom. The molecule has 2 rings (SSSR count). The molecule has 92 valence electrons. The zero-order valence-corrected chi connectivity index (χ0v) is 11.0. The first-order valence-corrected chi connectivity index (χ1v) is 5.94. The summed E-state index contributed by atoms with van der Waals surface area (Å²) in [4.78, 5) is 16.0. The molecule has 1 amide bonds. The fourth-order valence-electron chi connectivity index (χ4n) is 1.74. The Morgan fingerprint density at radius 1 is 1.22 bits per heavy atom. The maximum atomic E-state index is 12.1. The van der Waals surface area contributed by atoms with Crippen LogP contribution in [-0.2, 0) is 0 Å². The first-order valence-electron chi connectivity index (χ1n) is 5.56. The first kappa shape index (κ1) is 12.6. The van der Waals surface area contributed by atoms with Crippen molar-refractivity contribution >= 4 is 23.2 Å². The Hall–Kier alpha value is -1.87. The van der Waals surface area contributed by atoms with Crippen molar-refractivity contribution in [3.05, 3.63) is 58.4 Å². The number of hydrogen-bond donors (Lipinski definition) is 1. The molecule has 0 aliphatic rings. The van der Waals surface area contributed by atoms with Crippen LogP contribution in [0.3, 0.4) is 0 Å². The van der Waals surface area contributed by atoms with Crippen molar-refractivity contribution in [3.63, 3.8) is 0 Å². The second-order valence-electron chi connectivity index (χ2n) is 4.08. The van der Waals surface area contributed by atoms with Crippen molar-refractivity contribution < 1.29 is 4.79 Å². The fourth-order valence-corrected chi connectivity index (χ4v) is 1.93. The van der Waals surface area contributed by atoms with Crippen LogP contribution in [0, 0.1) is 13.8 Å². The van der Waals surface area contributed by atoms with Gasteiger partial charge in [0.05, 0.1) is 10.6 Å². The van der Waals surface area contributed by atoms with E-state index in [9.17, 15) is 4.79 Å². The highest BCUT2D eigenvalue weighted by Gasteiger charge is 2.12. The third-order valence-corrected chi connectivity index (χ3v) is 3.06. The molecule has 18 heavy (non-hydrogen) atoms. The molecule has 0 radical (unpaired) electrons. The number of nitrogens with one attached hydrogen (secondary N) is 1.